The number of carbonyl (C=O) groups excluding carboxylic acids is 1. The van der Waals surface area contributed by atoms with Crippen molar-refractivity contribution in [2.45, 2.75) is 6.92 Å². The second-order valence-electron chi connectivity index (χ2n) is 3.99. The van der Waals surface area contributed by atoms with Crippen molar-refractivity contribution in [1.82, 2.24) is 14.7 Å². The lowest BCUT2D eigenvalue weighted by molar-refractivity contribution is 0.0784. The molecule has 5 heteroatoms. The summed E-state index contributed by atoms with van der Waals surface area (Å²) in [4.78, 5) is 13.6. The van der Waals surface area contributed by atoms with Crippen LogP contribution >= 0.6 is 0 Å². The Kier molecular flexibility index (Phi) is 3.94. The van der Waals surface area contributed by atoms with Crippen LogP contribution in [0, 0.1) is 11.3 Å². The van der Waals surface area contributed by atoms with E-state index < -0.39 is 0 Å². The first-order chi connectivity index (χ1) is 9.26. The first-order valence-corrected chi connectivity index (χ1v) is 6.02. The zero-order valence-electron chi connectivity index (χ0n) is 10.7. The fraction of sp³-hybridized carbons (Fsp3) is 0.214. The van der Waals surface area contributed by atoms with Crippen LogP contribution in [0.25, 0.3) is 5.69 Å². The van der Waals surface area contributed by atoms with Crippen molar-refractivity contribution in [1.29, 1.82) is 5.26 Å². The molecule has 0 atom stereocenters. The zero-order chi connectivity index (χ0) is 13.7. The number of nitriles is 1. The Morgan fingerprint density at radius 1 is 1.42 bits per heavy atom. The SMILES string of the molecule is CCN(CC#N)C(=O)c1cnn(-c2ccccc2)c1. The van der Waals surface area contributed by atoms with Gasteiger partial charge in [0.15, 0.2) is 0 Å². The summed E-state index contributed by atoms with van der Waals surface area (Å²) >= 11 is 0. The number of nitrogens with zero attached hydrogens (tertiary/aromatic N) is 4. The number of para-hydroxylation sites is 1. The molecule has 1 amide bonds. The maximum Gasteiger partial charge on any atom is 0.257 e. The summed E-state index contributed by atoms with van der Waals surface area (Å²) in [7, 11) is 0. The molecule has 0 radical (unpaired) electrons. The van der Waals surface area contributed by atoms with Crippen LogP contribution < -0.4 is 0 Å². The van der Waals surface area contributed by atoms with Crippen LogP contribution in [0.15, 0.2) is 42.7 Å². The quantitative estimate of drug-likeness (QED) is 0.782. The molecule has 0 bridgehead atoms. The molecule has 0 aliphatic rings. The minimum absolute atomic E-state index is 0.0891. The van der Waals surface area contributed by atoms with Crippen molar-refractivity contribution in [2.24, 2.45) is 0 Å². The van der Waals surface area contributed by atoms with Crippen molar-refractivity contribution in [3.05, 3.63) is 48.3 Å². The summed E-state index contributed by atoms with van der Waals surface area (Å²) < 4.78 is 1.65. The standard InChI is InChI=1S/C14H14N4O/c1-2-17(9-8-15)14(19)12-10-16-18(11-12)13-6-4-3-5-7-13/h3-7,10-11H,2,9H2,1H3. The highest BCUT2D eigenvalue weighted by Crippen LogP contribution is 2.09. The van der Waals surface area contributed by atoms with Gasteiger partial charge in [0.2, 0.25) is 0 Å². The van der Waals surface area contributed by atoms with Gasteiger partial charge in [0.05, 0.1) is 23.5 Å². The molecule has 0 unspecified atom stereocenters. The Balaban J connectivity index is 2.22. The second kappa shape index (κ2) is 5.83. The van der Waals surface area contributed by atoms with Gasteiger partial charge < -0.3 is 4.90 Å². The number of benzene rings is 1. The fourth-order valence-electron chi connectivity index (χ4n) is 1.75. The van der Waals surface area contributed by atoms with E-state index in [1.165, 1.54) is 11.1 Å². The van der Waals surface area contributed by atoms with E-state index in [-0.39, 0.29) is 12.5 Å². The van der Waals surface area contributed by atoms with Gasteiger partial charge in [0.1, 0.15) is 6.54 Å². The van der Waals surface area contributed by atoms with Crippen molar-refractivity contribution < 1.29 is 4.79 Å². The lowest BCUT2D eigenvalue weighted by Gasteiger charge is -2.15. The maximum absolute atomic E-state index is 12.1. The van der Waals surface area contributed by atoms with E-state index in [2.05, 4.69) is 5.10 Å². The van der Waals surface area contributed by atoms with Gasteiger partial charge in [0, 0.05) is 12.7 Å². The van der Waals surface area contributed by atoms with Gasteiger partial charge in [-0.25, -0.2) is 4.68 Å². The van der Waals surface area contributed by atoms with Crippen molar-refractivity contribution in [2.75, 3.05) is 13.1 Å². The molecule has 0 aliphatic heterocycles. The fourth-order valence-corrected chi connectivity index (χ4v) is 1.75. The van der Waals surface area contributed by atoms with E-state index in [0.29, 0.717) is 12.1 Å². The molecule has 1 aromatic heterocycles. The normalized spacial score (nSPS) is 9.89. The van der Waals surface area contributed by atoms with Crippen molar-refractivity contribution >= 4 is 5.91 Å². The van der Waals surface area contributed by atoms with Gasteiger partial charge in [-0.05, 0) is 19.1 Å². The van der Waals surface area contributed by atoms with E-state index >= 15 is 0 Å². The molecule has 1 heterocycles. The predicted octanol–water partition coefficient (Wildman–Crippen LogP) is 1.86. The lowest BCUT2D eigenvalue weighted by Crippen LogP contribution is -2.30. The molecule has 0 spiro atoms. The van der Waals surface area contributed by atoms with Crippen LogP contribution in [-0.2, 0) is 0 Å². The van der Waals surface area contributed by atoms with E-state index in [0.717, 1.165) is 5.69 Å². The summed E-state index contributed by atoms with van der Waals surface area (Å²) in [5.74, 6) is -0.175. The lowest BCUT2D eigenvalue weighted by atomic mass is 10.3. The Morgan fingerprint density at radius 3 is 2.79 bits per heavy atom. The molecule has 2 aromatic rings. The average Bonchev–Trinajstić information content (AvgIpc) is 2.95. The molecule has 5 nitrogen and oxygen atoms in total. The first kappa shape index (κ1) is 12.8. The minimum atomic E-state index is -0.175. The summed E-state index contributed by atoms with van der Waals surface area (Å²) in [6, 6.07) is 11.5. The van der Waals surface area contributed by atoms with Crippen LogP contribution in [0.3, 0.4) is 0 Å². The predicted molar refractivity (Wildman–Crippen MR) is 70.8 cm³/mol. The molecule has 2 rings (SSSR count). The Bertz CT molecular complexity index is 597. The van der Waals surface area contributed by atoms with Gasteiger partial charge in [-0.2, -0.15) is 10.4 Å². The van der Waals surface area contributed by atoms with E-state index in [1.807, 2.05) is 43.3 Å². The average molecular weight is 254 g/mol. The summed E-state index contributed by atoms with van der Waals surface area (Å²) in [6.07, 6.45) is 3.20. The third-order valence-electron chi connectivity index (χ3n) is 2.78. The molecule has 19 heavy (non-hydrogen) atoms. The largest absolute Gasteiger partial charge is 0.326 e. The highest BCUT2D eigenvalue weighted by molar-refractivity contribution is 5.93. The van der Waals surface area contributed by atoms with Crippen molar-refractivity contribution in [3.8, 4) is 11.8 Å². The molecular weight excluding hydrogens is 240 g/mol. The second-order valence-corrected chi connectivity index (χ2v) is 3.99. The third-order valence-corrected chi connectivity index (χ3v) is 2.78. The van der Waals surface area contributed by atoms with Crippen LogP contribution in [-0.4, -0.2) is 33.7 Å². The number of hydrogen-bond acceptors (Lipinski definition) is 3. The Morgan fingerprint density at radius 2 is 2.16 bits per heavy atom. The number of hydrogen-bond donors (Lipinski definition) is 0. The first-order valence-electron chi connectivity index (χ1n) is 6.02. The molecule has 96 valence electrons. The number of rotatable bonds is 4. The molecule has 0 saturated carbocycles. The monoisotopic (exact) mass is 254 g/mol. The summed E-state index contributed by atoms with van der Waals surface area (Å²) in [6.45, 7) is 2.44. The van der Waals surface area contributed by atoms with E-state index in [4.69, 9.17) is 5.26 Å². The smallest absolute Gasteiger partial charge is 0.257 e. The maximum atomic E-state index is 12.1. The van der Waals surface area contributed by atoms with Crippen molar-refractivity contribution in [3.63, 3.8) is 0 Å². The van der Waals surface area contributed by atoms with E-state index in [9.17, 15) is 4.79 Å². The zero-order valence-corrected chi connectivity index (χ0v) is 10.7. The van der Waals surface area contributed by atoms with Crippen LogP contribution in [0.5, 0.6) is 0 Å². The highest BCUT2D eigenvalue weighted by Gasteiger charge is 2.15. The molecule has 0 fully saturated rings. The Labute approximate surface area is 111 Å². The molecule has 0 N–H and O–H groups in total. The van der Waals surface area contributed by atoms with Crippen LogP contribution in [0.1, 0.15) is 17.3 Å². The van der Waals surface area contributed by atoms with Gasteiger partial charge in [-0.3, -0.25) is 4.79 Å². The highest BCUT2D eigenvalue weighted by atomic mass is 16.2. The number of carbonyl (C=O) groups is 1. The Hall–Kier alpha value is -2.61. The van der Waals surface area contributed by atoms with Gasteiger partial charge in [-0.1, -0.05) is 18.2 Å². The number of aromatic nitrogens is 2. The van der Waals surface area contributed by atoms with Gasteiger partial charge in [-0.15, -0.1) is 0 Å². The molecule has 1 aromatic carbocycles. The molecular formula is C14H14N4O. The molecule has 0 saturated heterocycles. The number of amides is 1. The topological polar surface area (TPSA) is 61.9 Å². The summed E-state index contributed by atoms with van der Waals surface area (Å²) in [5.41, 5.74) is 1.38. The van der Waals surface area contributed by atoms with Gasteiger partial charge >= 0.3 is 0 Å². The van der Waals surface area contributed by atoms with E-state index in [1.54, 1.807) is 10.9 Å². The van der Waals surface area contributed by atoms with Gasteiger partial charge in [0.25, 0.3) is 5.91 Å². The molecule has 0 aliphatic carbocycles. The third kappa shape index (κ3) is 2.80. The van der Waals surface area contributed by atoms with Crippen LogP contribution in [0.2, 0.25) is 0 Å². The minimum Gasteiger partial charge on any atom is -0.326 e. The summed E-state index contributed by atoms with van der Waals surface area (Å²) in [5, 5.41) is 12.9. The van der Waals surface area contributed by atoms with Crippen LogP contribution in [0.4, 0.5) is 0 Å².